The number of benzene rings is 1. The van der Waals surface area contributed by atoms with Gasteiger partial charge in [-0.15, -0.1) is 0 Å². The van der Waals surface area contributed by atoms with Gasteiger partial charge >= 0.3 is 5.97 Å². The average Bonchev–Trinajstić information content (AvgIpc) is 2.22. The van der Waals surface area contributed by atoms with E-state index in [0.717, 1.165) is 0 Å². The fourth-order valence-electron chi connectivity index (χ4n) is 0.963. The molecule has 0 unspecified atom stereocenters. The third-order valence-electron chi connectivity index (χ3n) is 1.70. The second-order valence-corrected chi connectivity index (χ2v) is 3.77. The van der Waals surface area contributed by atoms with Crippen LogP contribution in [0.4, 0.5) is 0 Å². The van der Waals surface area contributed by atoms with Gasteiger partial charge in [0.1, 0.15) is 12.4 Å². The quantitative estimate of drug-likeness (QED) is 0.826. The fraction of sp³-hybridized carbons (Fsp3) is 0.182. The number of hydrogen-bond donors (Lipinski definition) is 1. The zero-order chi connectivity index (χ0) is 12.0. The molecule has 1 aromatic carbocycles. The molecule has 86 valence electrons. The molecule has 0 aliphatic rings. The van der Waals surface area contributed by atoms with E-state index in [1.807, 2.05) is 0 Å². The standard InChI is InChI=1S/C11H10Cl2O3/c12-9-5-4-8(7-10(9)13)16-6-2-1-3-11(14)15/h1-2,4-5,7H,3,6H2,(H,14,15)/b2-1+. The van der Waals surface area contributed by atoms with Gasteiger partial charge in [-0.3, -0.25) is 4.79 Å². The molecule has 0 radical (unpaired) electrons. The second kappa shape index (κ2) is 6.40. The molecule has 0 heterocycles. The smallest absolute Gasteiger partial charge is 0.307 e. The van der Waals surface area contributed by atoms with Crippen molar-refractivity contribution in [3.05, 3.63) is 40.4 Å². The Morgan fingerprint density at radius 3 is 2.69 bits per heavy atom. The number of carboxylic acids is 1. The Kier molecular flexibility index (Phi) is 5.15. The molecule has 0 atom stereocenters. The summed E-state index contributed by atoms with van der Waals surface area (Å²) in [5, 5.41) is 9.27. The van der Waals surface area contributed by atoms with Gasteiger partial charge in [0, 0.05) is 6.07 Å². The minimum Gasteiger partial charge on any atom is -0.489 e. The molecule has 0 saturated carbocycles. The molecule has 0 bridgehead atoms. The van der Waals surface area contributed by atoms with E-state index in [9.17, 15) is 4.79 Å². The van der Waals surface area contributed by atoms with Crippen LogP contribution in [0.15, 0.2) is 30.4 Å². The van der Waals surface area contributed by atoms with Gasteiger partial charge in [-0.25, -0.2) is 0 Å². The van der Waals surface area contributed by atoms with Crippen molar-refractivity contribution in [2.45, 2.75) is 6.42 Å². The normalized spacial score (nSPS) is 10.6. The Morgan fingerprint density at radius 2 is 2.06 bits per heavy atom. The van der Waals surface area contributed by atoms with Gasteiger partial charge in [0.2, 0.25) is 0 Å². The van der Waals surface area contributed by atoms with Gasteiger partial charge in [0.25, 0.3) is 0 Å². The summed E-state index contributed by atoms with van der Waals surface area (Å²) in [5.74, 6) is -0.278. The molecule has 0 saturated heterocycles. The summed E-state index contributed by atoms with van der Waals surface area (Å²) in [6, 6.07) is 4.94. The van der Waals surface area contributed by atoms with Gasteiger partial charge in [-0.05, 0) is 12.1 Å². The van der Waals surface area contributed by atoms with Crippen molar-refractivity contribution in [2.24, 2.45) is 0 Å². The van der Waals surface area contributed by atoms with Crippen LogP contribution in [-0.2, 0) is 4.79 Å². The number of ether oxygens (including phenoxy) is 1. The van der Waals surface area contributed by atoms with Crippen LogP contribution in [0.1, 0.15) is 6.42 Å². The molecule has 1 N–H and O–H groups in total. The molecule has 0 amide bonds. The summed E-state index contributed by atoms with van der Waals surface area (Å²) in [6.45, 7) is 0.297. The predicted molar refractivity (Wildman–Crippen MR) is 63.3 cm³/mol. The lowest BCUT2D eigenvalue weighted by Gasteiger charge is -2.03. The van der Waals surface area contributed by atoms with Gasteiger partial charge in [-0.2, -0.15) is 0 Å². The maximum absolute atomic E-state index is 10.2. The van der Waals surface area contributed by atoms with Crippen LogP contribution in [0.25, 0.3) is 0 Å². The molecule has 16 heavy (non-hydrogen) atoms. The van der Waals surface area contributed by atoms with Crippen molar-refractivity contribution in [1.29, 1.82) is 0 Å². The van der Waals surface area contributed by atoms with E-state index in [1.54, 1.807) is 24.3 Å². The first kappa shape index (κ1) is 12.9. The van der Waals surface area contributed by atoms with E-state index in [2.05, 4.69) is 0 Å². The highest BCUT2D eigenvalue weighted by molar-refractivity contribution is 6.42. The van der Waals surface area contributed by atoms with E-state index < -0.39 is 5.97 Å². The van der Waals surface area contributed by atoms with E-state index in [-0.39, 0.29) is 6.42 Å². The molecular weight excluding hydrogens is 251 g/mol. The molecule has 0 fully saturated rings. The highest BCUT2D eigenvalue weighted by Crippen LogP contribution is 2.26. The van der Waals surface area contributed by atoms with E-state index >= 15 is 0 Å². The highest BCUT2D eigenvalue weighted by atomic mass is 35.5. The predicted octanol–water partition coefficient (Wildman–Crippen LogP) is 3.40. The van der Waals surface area contributed by atoms with Crippen molar-refractivity contribution in [1.82, 2.24) is 0 Å². The van der Waals surface area contributed by atoms with Crippen molar-refractivity contribution in [3.63, 3.8) is 0 Å². The number of carboxylic acid groups (broad SMARTS) is 1. The van der Waals surface area contributed by atoms with E-state index in [1.165, 1.54) is 6.08 Å². The highest BCUT2D eigenvalue weighted by Gasteiger charge is 1.99. The van der Waals surface area contributed by atoms with Crippen molar-refractivity contribution < 1.29 is 14.6 Å². The third kappa shape index (κ3) is 4.55. The van der Waals surface area contributed by atoms with Crippen LogP contribution in [0.3, 0.4) is 0 Å². The Hall–Kier alpha value is -1.19. The lowest BCUT2D eigenvalue weighted by atomic mass is 10.3. The first-order valence-corrected chi connectivity index (χ1v) is 5.30. The van der Waals surface area contributed by atoms with Crippen LogP contribution in [0.5, 0.6) is 5.75 Å². The topological polar surface area (TPSA) is 46.5 Å². The summed E-state index contributed by atoms with van der Waals surface area (Å²) in [5.41, 5.74) is 0. The molecular formula is C11H10Cl2O3. The molecule has 0 aromatic heterocycles. The van der Waals surface area contributed by atoms with Crippen molar-refractivity contribution in [3.8, 4) is 5.75 Å². The number of carbonyl (C=O) groups is 1. The van der Waals surface area contributed by atoms with Gasteiger partial charge in [0.05, 0.1) is 16.5 Å². The van der Waals surface area contributed by atoms with Crippen LogP contribution in [-0.4, -0.2) is 17.7 Å². The molecule has 1 rings (SSSR count). The zero-order valence-electron chi connectivity index (χ0n) is 8.32. The van der Waals surface area contributed by atoms with Crippen LogP contribution < -0.4 is 4.74 Å². The summed E-state index contributed by atoms with van der Waals surface area (Å²) in [4.78, 5) is 10.2. The Labute approximate surface area is 103 Å². The van der Waals surface area contributed by atoms with Crippen LogP contribution >= 0.6 is 23.2 Å². The monoisotopic (exact) mass is 260 g/mol. The number of hydrogen-bond acceptors (Lipinski definition) is 2. The molecule has 0 aliphatic carbocycles. The second-order valence-electron chi connectivity index (χ2n) is 2.96. The Bertz CT molecular complexity index is 402. The fourth-order valence-corrected chi connectivity index (χ4v) is 1.25. The molecule has 3 nitrogen and oxygen atoms in total. The van der Waals surface area contributed by atoms with Gasteiger partial charge < -0.3 is 9.84 Å². The van der Waals surface area contributed by atoms with Crippen LogP contribution in [0.2, 0.25) is 10.0 Å². The summed E-state index contributed by atoms with van der Waals surface area (Å²) in [7, 11) is 0. The minimum atomic E-state index is -0.870. The largest absolute Gasteiger partial charge is 0.489 e. The number of aliphatic carboxylic acids is 1. The van der Waals surface area contributed by atoms with Crippen molar-refractivity contribution >= 4 is 29.2 Å². The molecule has 5 heteroatoms. The summed E-state index contributed by atoms with van der Waals surface area (Å²) >= 11 is 11.5. The molecule has 0 spiro atoms. The Balaban J connectivity index is 2.40. The zero-order valence-corrected chi connectivity index (χ0v) is 9.83. The first-order chi connectivity index (χ1) is 7.59. The number of rotatable bonds is 5. The van der Waals surface area contributed by atoms with Gasteiger partial charge in [-0.1, -0.05) is 35.4 Å². The molecule has 0 aliphatic heterocycles. The van der Waals surface area contributed by atoms with E-state index in [4.69, 9.17) is 33.0 Å². The van der Waals surface area contributed by atoms with E-state index in [0.29, 0.717) is 22.4 Å². The third-order valence-corrected chi connectivity index (χ3v) is 2.44. The SMILES string of the molecule is O=C(O)C/C=C/COc1ccc(Cl)c(Cl)c1. The summed E-state index contributed by atoms with van der Waals surface area (Å²) in [6.07, 6.45) is 3.15. The Morgan fingerprint density at radius 1 is 1.31 bits per heavy atom. The van der Waals surface area contributed by atoms with Crippen molar-refractivity contribution in [2.75, 3.05) is 6.61 Å². The van der Waals surface area contributed by atoms with Gasteiger partial charge in [0.15, 0.2) is 0 Å². The summed E-state index contributed by atoms with van der Waals surface area (Å²) < 4.78 is 5.30. The minimum absolute atomic E-state index is 0.00919. The lowest BCUT2D eigenvalue weighted by molar-refractivity contribution is -0.136. The maximum Gasteiger partial charge on any atom is 0.307 e. The molecule has 1 aromatic rings. The maximum atomic E-state index is 10.2. The first-order valence-electron chi connectivity index (χ1n) is 4.54. The average molecular weight is 261 g/mol. The lowest BCUT2D eigenvalue weighted by Crippen LogP contribution is -1.95. The number of halogens is 2. The van der Waals surface area contributed by atoms with Crippen LogP contribution in [0, 0.1) is 0 Å².